The lowest BCUT2D eigenvalue weighted by Crippen LogP contribution is -2.37. The van der Waals surface area contributed by atoms with Crippen LogP contribution in [0.4, 0.5) is 13.2 Å². The molecule has 0 spiro atoms. The third kappa shape index (κ3) is 5.38. The summed E-state index contributed by atoms with van der Waals surface area (Å²) in [7, 11) is 0. The highest BCUT2D eigenvalue weighted by molar-refractivity contribution is 6.30. The van der Waals surface area contributed by atoms with Gasteiger partial charge < -0.3 is 10.2 Å². The van der Waals surface area contributed by atoms with Gasteiger partial charge in [0.25, 0.3) is 0 Å². The monoisotopic (exact) mass is 521 g/mol. The Hall–Kier alpha value is -3.41. The molecule has 4 aromatic rings. The second-order valence-corrected chi connectivity index (χ2v) is 8.85. The maximum Gasteiger partial charge on any atom is 0.416 e. The van der Waals surface area contributed by atoms with Gasteiger partial charge in [0, 0.05) is 11.2 Å². The fraction of sp³-hybridized carbons (Fsp3) is 0.292. The molecule has 0 saturated heterocycles. The Balaban J connectivity index is 1.77. The highest BCUT2D eigenvalue weighted by Gasteiger charge is 2.39. The molecule has 0 bridgehead atoms. The van der Waals surface area contributed by atoms with Crippen molar-refractivity contribution in [3.05, 3.63) is 87.4 Å². The van der Waals surface area contributed by atoms with Gasteiger partial charge in [0.1, 0.15) is 6.10 Å². The lowest BCUT2D eigenvalue weighted by Gasteiger charge is -2.16. The normalized spacial score (nSPS) is 13.7. The summed E-state index contributed by atoms with van der Waals surface area (Å²) in [6, 6.07) is 13.6. The predicted molar refractivity (Wildman–Crippen MR) is 127 cm³/mol. The van der Waals surface area contributed by atoms with E-state index in [2.05, 4.69) is 10.1 Å². The van der Waals surface area contributed by atoms with E-state index in [1.54, 1.807) is 30.3 Å². The molecule has 4 rings (SSSR count). The van der Waals surface area contributed by atoms with Gasteiger partial charge in [-0.15, -0.1) is 5.10 Å². The summed E-state index contributed by atoms with van der Waals surface area (Å²) in [6.07, 6.45) is -7.24. The molecular weight excluding hydrogens is 499 g/mol. The molecule has 2 aromatic heterocycles. The molecule has 8 nitrogen and oxygen atoms in total. The molecule has 2 N–H and O–H groups in total. The standard InChI is InChI=1S/C24H23ClF3N5O3/c1-14-4-3-5-18(10-14)33-22(15(2)34)29-21(30-33)13-31-11-19(16-6-8-17(25)9-7-16)32(23(31)36)12-20(35)24(26,27)28/h3-11,15,20,34-35H,12-13H2,1-2H3. The van der Waals surface area contributed by atoms with Crippen molar-refractivity contribution in [1.29, 1.82) is 0 Å². The molecule has 36 heavy (non-hydrogen) atoms. The van der Waals surface area contributed by atoms with Crippen LogP contribution in [0.15, 0.2) is 59.5 Å². The Morgan fingerprint density at radius 3 is 2.42 bits per heavy atom. The lowest BCUT2D eigenvalue weighted by molar-refractivity contribution is -0.207. The highest BCUT2D eigenvalue weighted by atomic mass is 35.5. The van der Waals surface area contributed by atoms with Crippen LogP contribution in [0, 0.1) is 6.92 Å². The maximum absolute atomic E-state index is 13.1. The van der Waals surface area contributed by atoms with E-state index >= 15 is 0 Å². The van der Waals surface area contributed by atoms with E-state index in [0.29, 0.717) is 16.3 Å². The molecule has 2 aromatic carbocycles. The molecule has 2 unspecified atom stereocenters. The van der Waals surface area contributed by atoms with Gasteiger partial charge in [0.15, 0.2) is 17.8 Å². The smallest absolute Gasteiger partial charge is 0.385 e. The first kappa shape index (κ1) is 25.7. The number of aryl methyl sites for hydroxylation is 1. The van der Waals surface area contributed by atoms with Crippen molar-refractivity contribution in [2.75, 3.05) is 0 Å². The Morgan fingerprint density at radius 2 is 1.81 bits per heavy atom. The van der Waals surface area contributed by atoms with Crippen molar-refractivity contribution in [2.45, 2.75) is 45.3 Å². The number of aliphatic hydroxyl groups is 2. The van der Waals surface area contributed by atoms with Crippen molar-refractivity contribution in [2.24, 2.45) is 0 Å². The molecule has 0 saturated carbocycles. The molecule has 0 aliphatic rings. The van der Waals surface area contributed by atoms with Crippen LogP contribution in [0.25, 0.3) is 16.9 Å². The summed E-state index contributed by atoms with van der Waals surface area (Å²) >= 11 is 5.93. The lowest BCUT2D eigenvalue weighted by atomic mass is 10.1. The van der Waals surface area contributed by atoms with Gasteiger partial charge in [-0.1, -0.05) is 35.9 Å². The van der Waals surface area contributed by atoms with Crippen LogP contribution in [0.3, 0.4) is 0 Å². The quantitative estimate of drug-likeness (QED) is 0.384. The van der Waals surface area contributed by atoms with Crippen molar-refractivity contribution in [3.63, 3.8) is 0 Å². The number of nitrogens with zero attached hydrogens (tertiary/aromatic N) is 5. The van der Waals surface area contributed by atoms with Crippen molar-refractivity contribution in [1.82, 2.24) is 23.9 Å². The summed E-state index contributed by atoms with van der Waals surface area (Å²) in [5.74, 6) is 0.416. The van der Waals surface area contributed by atoms with E-state index < -0.39 is 30.6 Å². The molecule has 0 aliphatic carbocycles. The van der Waals surface area contributed by atoms with E-state index in [-0.39, 0.29) is 23.9 Å². The fourth-order valence-corrected chi connectivity index (χ4v) is 3.88. The number of hydrogen-bond donors (Lipinski definition) is 2. The molecule has 0 aliphatic heterocycles. The zero-order chi connectivity index (χ0) is 26.2. The second-order valence-electron chi connectivity index (χ2n) is 8.41. The highest BCUT2D eigenvalue weighted by Crippen LogP contribution is 2.25. The SMILES string of the molecule is Cc1cccc(-n2nc(Cn3cc(-c4ccc(Cl)cc4)n(CC(O)C(F)(F)F)c3=O)nc2C(C)O)c1. The van der Waals surface area contributed by atoms with Crippen LogP contribution in [0.5, 0.6) is 0 Å². The zero-order valence-corrected chi connectivity index (χ0v) is 20.1. The summed E-state index contributed by atoms with van der Waals surface area (Å²) in [5, 5.41) is 24.7. The van der Waals surface area contributed by atoms with Gasteiger partial charge in [0.05, 0.1) is 24.5 Å². The maximum atomic E-state index is 13.1. The van der Waals surface area contributed by atoms with Crippen LogP contribution in [0.1, 0.15) is 30.2 Å². The van der Waals surface area contributed by atoms with Crippen LogP contribution in [0.2, 0.25) is 5.02 Å². The summed E-state index contributed by atoms with van der Waals surface area (Å²) in [5.41, 5.74) is 1.44. The molecule has 0 amide bonds. The molecule has 0 fully saturated rings. The van der Waals surface area contributed by atoms with E-state index in [9.17, 15) is 28.2 Å². The largest absolute Gasteiger partial charge is 0.416 e. The van der Waals surface area contributed by atoms with Crippen molar-refractivity contribution >= 4 is 11.6 Å². The minimum Gasteiger partial charge on any atom is -0.385 e. The Kier molecular flexibility index (Phi) is 7.07. The van der Waals surface area contributed by atoms with Crippen molar-refractivity contribution in [3.8, 4) is 16.9 Å². The molecule has 12 heteroatoms. The average Bonchev–Trinajstić information content (AvgIpc) is 3.36. The van der Waals surface area contributed by atoms with Crippen LogP contribution in [-0.2, 0) is 13.1 Å². The topological polar surface area (TPSA) is 98.1 Å². The van der Waals surface area contributed by atoms with E-state index in [1.165, 1.54) is 17.8 Å². The zero-order valence-electron chi connectivity index (χ0n) is 19.3. The number of alkyl halides is 3. The average molecular weight is 522 g/mol. The summed E-state index contributed by atoms with van der Waals surface area (Å²) in [4.78, 5) is 17.5. The molecule has 0 radical (unpaired) electrons. The first-order chi connectivity index (χ1) is 16.9. The third-order valence-electron chi connectivity index (χ3n) is 5.53. The first-order valence-electron chi connectivity index (χ1n) is 11.0. The molecule has 190 valence electrons. The van der Waals surface area contributed by atoms with Crippen LogP contribution >= 0.6 is 11.6 Å². The van der Waals surface area contributed by atoms with E-state index in [4.69, 9.17) is 11.6 Å². The Morgan fingerprint density at radius 1 is 1.11 bits per heavy atom. The first-order valence-corrected chi connectivity index (χ1v) is 11.3. The van der Waals surface area contributed by atoms with Gasteiger partial charge in [-0.3, -0.25) is 9.13 Å². The number of rotatable bonds is 7. The van der Waals surface area contributed by atoms with Gasteiger partial charge in [0.2, 0.25) is 0 Å². The molecule has 2 heterocycles. The molecular formula is C24H23ClF3N5O3. The number of hydrogen-bond acceptors (Lipinski definition) is 5. The number of benzene rings is 2. The van der Waals surface area contributed by atoms with Crippen molar-refractivity contribution < 1.29 is 23.4 Å². The number of imidazole rings is 1. The predicted octanol–water partition coefficient (Wildman–Crippen LogP) is 3.88. The van der Waals surface area contributed by atoms with Gasteiger partial charge >= 0.3 is 11.9 Å². The summed E-state index contributed by atoms with van der Waals surface area (Å²) in [6.45, 7) is 2.27. The number of aromatic nitrogens is 5. The third-order valence-corrected chi connectivity index (χ3v) is 5.78. The summed E-state index contributed by atoms with van der Waals surface area (Å²) < 4.78 is 42.7. The van der Waals surface area contributed by atoms with E-state index in [1.807, 2.05) is 25.1 Å². The van der Waals surface area contributed by atoms with Crippen LogP contribution < -0.4 is 5.69 Å². The molecule has 2 atom stereocenters. The minimum absolute atomic E-state index is 0.161. The van der Waals surface area contributed by atoms with Crippen LogP contribution in [-0.4, -0.2) is 46.4 Å². The van der Waals surface area contributed by atoms with Gasteiger partial charge in [-0.25, -0.2) is 14.5 Å². The number of halogens is 4. The van der Waals surface area contributed by atoms with E-state index in [0.717, 1.165) is 14.7 Å². The van der Waals surface area contributed by atoms with Gasteiger partial charge in [-0.05, 0) is 49.2 Å². The van der Waals surface area contributed by atoms with Gasteiger partial charge in [-0.2, -0.15) is 13.2 Å². The fourth-order valence-electron chi connectivity index (χ4n) is 3.76. The number of aliphatic hydroxyl groups excluding tert-OH is 2. The Bertz CT molecular complexity index is 1420. The Labute approximate surface area is 208 Å². The second kappa shape index (κ2) is 9.92. The minimum atomic E-state index is -4.90.